The van der Waals surface area contributed by atoms with Crippen molar-refractivity contribution in [2.75, 3.05) is 11.9 Å². The molecule has 0 radical (unpaired) electrons. The maximum Gasteiger partial charge on any atom is 0.224 e. The van der Waals surface area contributed by atoms with E-state index in [-0.39, 0.29) is 10.3 Å². The van der Waals surface area contributed by atoms with Crippen LogP contribution in [0.3, 0.4) is 0 Å². The fourth-order valence-corrected chi connectivity index (χ4v) is 2.62. The van der Waals surface area contributed by atoms with Gasteiger partial charge in [-0.15, -0.1) is 0 Å². The Hall–Kier alpha value is -1.91. The van der Waals surface area contributed by atoms with Crippen molar-refractivity contribution in [2.24, 2.45) is 0 Å². The minimum atomic E-state index is -0.515. The summed E-state index contributed by atoms with van der Waals surface area (Å²) in [5.41, 5.74) is 2.54. The van der Waals surface area contributed by atoms with E-state index in [1.54, 1.807) is 0 Å². The minimum absolute atomic E-state index is 0.00595. The second-order valence-corrected chi connectivity index (χ2v) is 5.74. The molecule has 0 aliphatic heterocycles. The molecule has 0 aliphatic carbocycles. The van der Waals surface area contributed by atoms with Crippen molar-refractivity contribution in [3.63, 3.8) is 0 Å². The van der Waals surface area contributed by atoms with Crippen LogP contribution < -0.4 is 4.90 Å². The van der Waals surface area contributed by atoms with E-state index < -0.39 is 5.82 Å². The highest BCUT2D eigenvalue weighted by Gasteiger charge is 2.15. The maximum atomic E-state index is 13.8. The number of hydrogen-bond donors (Lipinski definition) is 0. The molecule has 0 atom stereocenters. The summed E-state index contributed by atoms with van der Waals surface area (Å²) in [7, 11) is 1.85. The molecule has 22 heavy (non-hydrogen) atoms. The molecule has 3 aromatic rings. The quantitative estimate of drug-likeness (QED) is 0.606. The number of nitrogens with zero attached hydrogens (tertiary/aromatic N) is 3. The van der Waals surface area contributed by atoms with Crippen LogP contribution in [0.25, 0.3) is 10.9 Å². The number of rotatable bonds is 2. The molecule has 0 spiro atoms. The van der Waals surface area contributed by atoms with Gasteiger partial charge in [0.05, 0.1) is 10.5 Å². The molecule has 1 heterocycles. The largest absolute Gasteiger partial charge is 0.329 e. The first-order valence-corrected chi connectivity index (χ1v) is 7.34. The maximum absolute atomic E-state index is 13.8. The van der Waals surface area contributed by atoms with Crippen LogP contribution in [0.15, 0.2) is 36.4 Å². The number of aryl methyl sites for hydroxylation is 1. The minimum Gasteiger partial charge on any atom is -0.329 e. The average molecular weight is 336 g/mol. The monoisotopic (exact) mass is 335 g/mol. The summed E-state index contributed by atoms with van der Waals surface area (Å²) in [5.74, 6) is 0.00940. The van der Waals surface area contributed by atoms with Crippen LogP contribution >= 0.6 is 23.2 Å². The van der Waals surface area contributed by atoms with Crippen molar-refractivity contribution in [1.29, 1.82) is 0 Å². The Bertz CT molecular complexity index is 867. The Morgan fingerprint density at radius 2 is 1.86 bits per heavy atom. The van der Waals surface area contributed by atoms with E-state index in [0.717, 1.165) is 11.3 Å². The van der Waals surface area contributed by atoms with Gasteiger partial charge >= 0.3 is 0 Å². The van der Waals surface area contributed by atoms with E-state index in [1.807, 2.05) is 43.1 Å². The lowest BCUT2D eigenvalue weighted by molar-refractivity contribution is 0.630. The van der Waals surface area contributed by atoms with Gasteiger partial charge in [-0.1, -0.05) is 23.7 Å². The number of aromatic nitrogens is 2. The zero-order valence-corrected chi connectivity index (χ0v) is 13.5. The van der Waals surface area contributed by atoms with Crippen molar-refractivity contribution < 1.29 is 4.39 Å². The van der Waals surface area contributed by atoms with E-state index in [9.17, 15) is 4.39 Å². The smallest absolute Gasteiger partial charge is 0.224 e. The highest BCUT2D eigenvalue weighted by Crippen LogP contribution is 2.32. The van der Waals surface area contributed by atoms with Crippen LogP contribution in [0.5, 0.6) is 0 Å². The molecular formula is C16H12Cl2FN3. The lowest BCUT2D eigenvalue weighted by Gasteiger charge is -2.20. The third-order valence-corrected chi connectivity index (χ3v) is 3.86. The number of benzene rings is 2. The molecule has 3 rings (SSSR count). The van der Waals surface area contributed by atoms with Gasteiger partial charge in [0, 0.05) is 18.1 Å². The summed E-state index contributed by atoms with van der Waals surface area (Å²) in [4.78, 5) is 10.2. The third-order valence-electron chi connectivity index (χ3n) is 3.40. The first-order chi connectivity index (χ1) is 10.5. The van der Waals surface area contributed by atoms with Crippen LogP contribution in [0.4, 0.5) is 15.9 Å². The zero-order chi connectivity index (χ0) is 15.9. The number of fused-ring (bicyclic) bond motifs is 1. The molecule has 0 fully saturated rings. The van der Waals surface area contributed by atoms with E-state index in [4.69, 9.17) is 23.2 Å². The van der Waals surface area contributed by atoms with Crippen molar-refractivity contribution in [2.45, 2.75) is 6.92 Å². The lowest BCUT2D eigenvalue weighted by atomic mass is 10.2. The Labute approximate surface area is 137 Å². The predicted octanol–water partition coefficient (Wildman–Crippen LogP) is 5.15. The molecule has 0 saturated carbocycles. The normalized spacial score (nSPS) is 11.0. The summed E-state index contributed by atoms with van der Waals surface area (Å²) in [5, 5.41) is 0.645. The molecule has 0 bridgehead atoms. The van der Waals surface area contributed by atoms with Gasteiger partial charge in [-0.25, -0.2) is 9.37 Å². The summed E-state index contributed by atoms with van der Waals surface area (Å²) in [6.45, 7) is 2.00. The van der Waals surface area contributed by atoms with Crippen molar-refractivity contribution in [3.8, 4) is 0 Å². The second-order valence-electron chi connectivity index (χ2n) is 5.00. The van der Waals surface area contributed by atoms with Gasteiger partial charge in [0.15, 0.2) is 0 Å². The van der Waals surface area contributed by atoms with Gasteiger partial charge in [-0.2, -0.15) is 4.98 Å². The standard InChI is InChI=1S/C16H12Cl2FN3/c1-9-4-3-5-10(6-9)22(2)15-11-7-13(19)12(17)8-14(11)20-16(18)21-15/h3-8H,1-2H3. The molecule has 0 saturated heterocycles. The first kappa shape index (κ1) is 15.0. The Morgan fingerprint density at radius 1 is 1.09 bits per heavy atom. The molecule has 2 aromatic carbocycles. The van der Waals surface area contributed by atoms with Gasteiger partial charge in [0.25, 0.3) is 0 Å². The van der Waals surface area contributed by atoms with Crippen LogP contribution in [0.2, 0.25) is 10.3 Å². The van der Waals surface area contributed by atoms with Gasteiger partial charge < -0.3 is 4.90 Å². The topological polar surface area (TPSA) is 29.0 Å². The van der Waals surface area contributed by atoms with Crippen LogP contribution in [-0.2, 0) is 0 Å². The Morgan fingerprint density at radius 3 is 2.59 bits per heavy atom. The van der Waals surface area contributed by atoms with Gasteiger partial charge in [0.2, 0.25) is 5.28 Å². The van der Waals surface area contributed by atoms with Crippen molar-refractivity contribution in [1.82, 2.24) is 9.97 Å². The highest BCUT2D eigenvalue weighted by molar-refractivity contribution is 6.32. The van der Waals surface area contributed by atoms with E-state index in [0.29, 0.717) is 16.7 Å². The Kier molecular flexibility index (Phi) is 3.89. The summed E-state index contributed by atoms with van der Waals surface area (Å²) in [6, 6.07) is 10.7. The van der Waals surface area contributed by atoms with Crippen LogP contribution in [-0.4, -0.2) is 17.0 Å². The fourth-order valence-electron chi connectivity index (χ4n) is 2.29. The number of halogens is 3. The van der Waals surface area contributed by atoms with Gasteiger partial charge in [0.1, 0.15) is 11.6 Å². The molecule has 0 aliphatic rings. The van der Waals surface area contributed by atoms with Crippen molar-refractivity contribution in [3.05, 3.63) is 58.1 Å². The van der Waals surface area contributed by atoms with E-state index in [2.05, 4.69) is 9.97 Å². The third kappa shape index (κ3) is 2.72. The zero-order valence-electron chi connectivity index (χ0n) is 11.9. The van der Waals surface area contributed by atoms with Crippen LogP contribution in [0.1, 0.15) is 5.56 Å². The molecule has 0 N–H and O–H groups in total. The molecule has 6 heteroatoms. The SMILES string of the molecule is Cc1cccc(N(C)c2nc(Cl)nc3cc(Cl)c(F)cc23)c1. The highest BCUT2D eigenvalue weighted by atomic mass is 35.5. The first-order valence-electron chi connectivity index (χ1n) is 6.58. The summed E-state index contributed by atoms with van der Waals surface area (Å²) < 4.78 is 13.8. The van der Waals surface area contributed by atoms with E-state index in [1.165, 1.54) is 12.1 Å². The predicted molar refractivity (Wildman–Crippen MR) is 88.8 cm³/mol. The number of anilines is 2. The Balaban J connectivity index is 2.23. The lowest BCUT2D eigenvalue weighted by Crippen LogP contribution is -2.12. The molecule has 0 unspecified atom stereocenters. The fraction of sp³-hybridized carbons (Fsp3) is 0.125. The van der Waals surface area contributed by atoms with Crippen LogP contribution in [0, 0.1) is 12.7 Å². The molecule has 1 aromatic heterocycles. The van der Waals surface area contributed by atoms with Crippen molar-refractivity contribution >= 4 is 45.6 Å². The summed E-state index contributed by atoms with van der Waals surface area (Å²) in [6.07, 6.45) is 0. The molecular weight excluding hydrogens is 324 g/mol. The second kappa shape index (κ2) is 5.71. The molecule has 3 nitrogen and oxygen atoms in total. The number of hydrogen-bond acceptors (Lipinski definition) is 3. The summed E-state index contributed by atoms with van der Waals surface area (Å²) >= 11 is 11.8. The van der Waals surface area contributed by atoms with E-state index >= 15 is 0 Å². The average Bonchev–Trinajstić information content (AvgIpc) is 2.47. The van der Waals surface area contributed by atoms with Gasteiger partial charge in [-0.3, -0.25) is 0 Å². The molecule has 112 valence electrons. The molecule has 0 amide bonds. The van der Waals surface area contributed by atoms with Gasteiger partial charge in [-0.05, 0) is 48.4 Å².